The van der Waals surface area contributed by atoms with Crippen LogP contribution in [0.15, 0.2) is 48.2 Å². The van der Waals surface area contributed by atoms with Crippen LogP contribution in [0.5, 0.6) is 17.2 Å². The van der Waals surface area contributed by atoms with Gasteiger partial charge in [0.25, 0.3) is 0 Å². The highest BCUT2D eigenvalue weighted by molar-refractivity contribution is 6.14. The van der Waals surface area contributed by atoms with Gasteiger partial charge in [-0.3, -0.25) is 4.79 Å². The number of fused-ring (bicyclic) bond motifs is 1. The minimum absolute atomic E-state index is 0.197. The summed E-state index contributed by atoms with van der Waals surface area (Å²) in [5, 5.41) is 0. The third kappa shape index (κ3) is 3.39. The van der Waals surface area contributed by atoms with E-state index in [4.69, 9.17) is 14.2 Å². The molecule has 0 bridgehead atoms. The maximum Gasteiger partial charge on any atom is 0.346 e. The Labute approximate surface area is 150 Å². The van der Waals surface area contributed by atoms with E-state index in [9.17, 15) is 9.59 Å². The molecular weight excluding hydrogens is 336 g/mol. The van der Waals surface area contributed by atoms with E-state index in [2.05, 4.69) is 4.74 Å². The molecule has 0 saturated carbocycles. The molecule has 134 valence electrons. The number of Topliss-reactive ketones (excluding diaryl/α,β-unsaturated/α-hetero) is 1. The van der Waals surface area contributed by atoms with Crippen LogP contribution < -0.4 is 14.2 Å². The predicted molar refractivity (Wildman–Crippen MR) is 94.5 cm³/mol. The third-order valence-corrected chi connectivity index (χ3v) is 3.91. The zero-order chi connectivity index (χ0) is 18.7. The smallest absolute Gasteiger partial charge is 0.346 e. The largest absolute Gasteiger partial charge is 0.496 e. The molecular formula is C20H18O6. The molecule has 0 N–H and O–H groups in total. The second kappa shape index (κ2) is 7.31. The first kappa shape index (κ1) is 17.5. The Morgan fingerprint density at radius 3 is 2.65 bits per heavy atom. The summed E-state index contributed by atoms with van der Waals surface area (Å²) < 4.78 is 21.1. The van der Waals surface area contributed by atoms with E-state index in [0.29, 0.717) is 22.8 Å². The molecule has 1 unspecified atom stereocenters. The first-order chi connectivity index (χ1) is 12.5. The molecule has 0 spiro atoms. The number of carbonyl (C=O) groups is 2. The monoisotopic (exact) mass is 354 g/mol. The van der Waals surface area contributed by atoms with Crippen LogP contribution in [0.3, 0.4) is 0 Å². The molecule has 0 radical (unpaired) electrons. The van der Waals surface area contributed by atoms with Gasteiger partial charge in [0, 0.05) is 11.6 Å². The Balaban J connectivity index is 1.85. The third-order valence-electron chi connectivity index (χ3n) is 3.91. The number of benzene rings is 2. The van der Waals surface area contributed by atoms with Gasteiger partial charge in [-0.25, -0.2) is 4.79 Å². The normalized spacial score (nSPS) is 15.2. The molecule has 2 aromatic rings. The van der Waals surface area contributed by atoms with Crippen molar-refractivity contribution in [2.24, 2.45) is 0 Å². The van der Waals surface area contributed by atoms with Crippen molar-refractivity contribution in [2.45, 2.75) is 13.0 Å². The number of hydrogen-bond acceptors (Lipinski definition) is 6. The summed E-state index contributed by atoms with van der Waals surface area (Å²) in [6.45, 7) is 1.58. The fourth-order valence-corrected chi connectivity index (χ4v) is 2.59. The van der Waals surface area contributed by atoms with Gasteiger partial charge < -0.3 is 18.9 Å². The van der Waals surface area contributed by atoms with Crippen molar-refractivity contribution in [3.05, 3.63) is 59.4 Å². The molecule has 0 aromatic heterocycles. The fraction of sp³-hybridized carbons (Fsp3) is 0.200. The van der Waals surface area contributed by atoms with E-state index in [1.54, 1.807) is 44.4 Å². The summed E-state index contributed by atoms with van der Waals surface area (Å²) in [6.07, 6.45) is 0.873. The number of hydrogen-bond donors (Lipinski definition) is 0. The molecule has 6 nitrogen and oxygen atoms in total. The minimum atomic E-state index is -0.765. The molecule has 0 amide bonds. The summed E-state index contributed by atoms with van der Waals surface area (Å²) in [5.41, 5.74) is 1.17. The van der Waals surface area contributed by atoms with E-state index in [1.807, 2.05) is 18.2 Å². The second-order valence-corrected chi connectivity index (χ2v) is 5.62. The van der Waals surface area contributed by atoms with Gasteiger partial charge in [0.15, 0.2) is 11.9 Å². The lowest BCUT2D eigenvalue weighted by molar-refractivity contribution is -0.147. The molecule has 2 aromatic carbocycles. The highest BCUT2D eigenvalue weighted by atomic mass is 16.6. The van der Waals surface area contributed by atoms with Gasteiger partial charge in [-0.1, -0.05) is 18.2 Å². The number of methoxy groups -OCH3 is 2. The molecule has 1 heterocycles. The van der Waals surface area contributed by atoms with Crippen molar-refractivity contribution < 1.29 is 28.5 Å². The summed E-state index contributed by atoms with van der Waals surface area (Å²) >= 11 is 0. The van der Waals surface area contributed by atoms with Gasteiger partial charge in [0.1, 0.15) is 17.2 Å². The van der Waals surface area contributed by atoms with Crippen molar-refractivity contribution in [3.63, 3.8) is 0 Å². The maximum absolute atomic E-state index is 12.5. The molecule has 0 aliphatic carbocycles. The van der Waals surface area contributed by atoms with E-state index in [1.165, 1.54) is 7.11 Å². The highest BCUT2D eigenvalue weighted by Gasteiger charge is 2.28. The van der Waals surface area contributed by atoms with Crippen LogP contribution >= 0.6 is 0 Å². The Morgan fingerprint density at radius 1 is 1.15 bits per heavy atom. The number of carbonyl (C=O) groups excluding carboxylic acids is 2. The lowest BCUT2D eigenvalue weighted by Gasteiger charge is -2.12. The minimum Gasteiger partial charge on any atom is -0.496 e. The predicted octanol–water partition coefficient (Wildman–Crippen LogP) is 3.25. The van der Waals surface area contributed by atoms with Gasteiger partial charge in [0.05, 0.1) is 19.8 Å². The Kier molecular flexibility index (Phi) is 4.93. The summed E-state index contributed by atoms with van der Waals surface area (Å²) in [7, 11) is 2.86. The molecule has 6 heteroatoms. The van der Waals surface area contributed by atoms with Crippen LogP contribution in [0.25, 0.3) is 6.08 Å². The molecule has 0 fully saturated rings. The van der Waals surface area contributed by atoms with Gasteiger partial charge >= 0.3 is 5.97 Å². The van der Waals surface area contributed by atoms with Crippen molar-refractivity contribution in [2.75, 3.05) is 14.2 Å². The number of allylic oxidation sites excluding steroid dienone is 1. The van der Waals surface area contributed by atoms with E-state index in [-0.39, 0.29) is 11.5 Å². The summed E-state index contributed by atoms with van der Waals surface area (Å²) in [5.74, 6) is 0.919. The topological polar surface area (TPSA) is 71.1 Å². The Morgan fingerprint density at radius 2 is 1.92 bits per heavy atom. The van der Waals surface area contributed by atoms with Crippen molar-refractivity contribution >= 4 is 17.8 Å². The first-order valence-corrected chi connectivity index (χ1v) is 7.99. The second-order valence-electron chi connectivity index (χ2n) is 5.62. The molecule has 3 rings (SSSR count). The Bertz CT molecular complexity index is 884. The van der Waals surface area contributed by atoms with Gasteiger partial charge in [-0.05, 0) is 31.2 Å². The average Bonchev–Trinajstić information content (AvgIpc) is 2.96. The maximum atomic E-state index is 12.5. The van der Waals surface area contributed by atoms with E-state index in [0.717, 1.165) is 5.56 Å². The Hall–Kier alpha value is -3.28. The van der Waals surface area contributed by atoms with Gasteiger partial charge in [-0.15, -0.1) is 0 Å². The number of para-hydroxylation sites is 1. The zero-order valence-electron chi connectivity index (χ0n) is 14.6. The standard InChI is InChI=1S/C20H18O6/c1-12(20(22)24-3)25-14-8-9-15-17(11-14)26-18(19(15)21)10-13-6-4-5-7-16(13)23-2/h4-12H,1-3H3. The van der Waals surface area contributed by atoms with Crippen LogP contribution in [-0.2, 0) is 9.53 Å². The number of ether oxygens (including phenoxy) is 4. The van der Waals surface area contributed by atoms with Crippen LogP contribution in [0.4, 0.5) is 0 Å². The van der Waals surface area contributed by atoms with Crippen molar-refractivity contribution in [1.29, 1.82) is 0 Å². The van der Waals surface area contributed by atoms with Crippen LogP contribution in [0, 0.1) is 0 Å². The average molecular weight is 354 g/mol. The van der Waals surface area contributed by atoms with Crippen LogP contribution in [-0.4, -0.2) is 32.1 Å². The van der Waals surface area contributed by atoms with E-state index < -0.39 is 12.1 Å². The highest BCUT2D eigenvalue weighted by Crippen LogP contribution is 2.35. The quantitative estimate of drug-likeness (QED) is 0.606. The van der Waals surface area contributed by atoms with E-state index >= 15 is 0 Å². The molecule has 1 aliphatic heterocycles. The molecule has 0 saturated heterocycles. The first-order valence-electron chi connectivity index (χ1n) is 7.99. The summed E-state index contributed by atoms with van der Waals surface area (Å²) in [6, 6.07) is 12.1. The van der Waals surface area contributed by atoms with Crippen molar-refractivity contribution in [1.82, 2.24) is 0 Å². The number of esters is 1. The fourth-order valence-electron chi connectivity index (χ4n) is 2.59. The van der Waals surface area contributed by atoms with Crippen LogP contribution in [0.1, 0.15) is 22.8 Å². The molecule has 26 heavy (non-hydrogen) atoms. The number of rotatable bonds is 5. The zero-order valence-corrected chi connectivity index (χ0v) is 14.6. The van der Waals surface area contributed by atoms with Crippen LogP contribution in [0.2, 0.25) is 0 Å². The molecule has 1 atom stereocenters. The van der Waals surface area contributed by atoms with Gasteiger partial charge in [-0.2, -0.15) is 0 Å². The summed E-state index contributed by atoms with van der Waals surface area (Å²) in [4.78, 5) is 24.0. The number of ketones is 1. The van der Waals surface area contributed by atoms with Gasteiger partial charge in [0.2, 0.25) is 5.78 Å². The lowest BCUT2D eigenvalue weighted by Crippen LogP contribution is -2.24. The van der Waals surface area contributed by atoms with Crippen molar-refractivity contribution in [3.8, 4) is 17.2 Å². The SMILES string of the molecule is COC(=O)C(C)Oc1ccc2c(c1)OC(=Cc1ccccc1OC)C2=O. The lowest BCUT2D eigenvalue weighted by atomic mass is 10.1. The molecule has 1 aliphatic rings.